The molecule has 0 atom stereocenters. The molecule has 2 heterocycles. The van der Waals surface area contributed by atoms with E-state index in [-0.39, 0.29) is 18.0 Å². The standard InChI is InChI=1S/C16H22N4O2/c1-10-7-11(2)18-16(22)14(10)9-17-15(21)5-6-20-13(4)8-12(3)19-20/h7-8H,5-6,9H2,1-4H3,(H,17,21)(H,18,22). The number of amides is 1. The Labute approximate surface area is 129 Å². The molecule has 0 saturated heterocycles. The fourth-order valence-corrected chi connectivity index (χ4v) is 2.49. The summed E-state index contributed by atoms with van der Waals surface area (Å²) in [6.07, 6.45) is 0.338. The number of carbonyl (C=O) groups excluding carboxylic acids is 1. The van der Waals surface area contributed by atoms with Gasteiger partial charge in [-0.2, -0.15) is 5.10 Å². The Morgan fingerprint density at radius 2 is 2.00 bits per heavy atom. The van der Waals surface area contributed by atoms with Crippen LogP contribution in [-0.4, -0.2) is 20.7 Å². The van der Waals surface area contributed by atoms with Crippen LogP contribution in [0.1, 0.15) is 34.6 Å². The van der Waals surface area contributed by atoms with Gasteiger partial charge in [0.1, 0.15) is 0 Å². The predicted octanol–water partition coefficient (Wildman–Crippen LogP) is 1.51. The molecule has 0 unspecified atom stereocenters. The molecule has 2 N–H and O–H groups in total. The topological polar surface area (TPSA) is 79.8 Å². The van der Waals surface area contributed by atoms with Crippen molar-refractivity contribution in [3.05, 3.63) is 50.7 Å². The van der Waals surface area contributed by atoms with Crippen molar-refractivity contribution < 1.29 is 4.79 Å². The Morgan fingerprint density at radius 1 is 1.27 bits per heavy atom. The molecule has 0 radical (unpaired) electrons. The first-order valence-electron chi connectivity index (χ1n) is 7.34. The fraction of sp³-hybridized carbons (Fsp3) is 0.438. The Hall–Kier alpha value is -2.37. The summed E-state index contributed by atoms with van der Waals surface area (Å²) in [5, 5.41) is 7.12. The minimum atomic E-state index is -0.142. The van der Waals surface area contributed by atoms with Gasteiger partial charge in [0.2, 0.25) is 5.91 Å². The summed E-state index contributed by atoms with van der Waals surface area (Å²) in [7, 11) is 0. The largest absolute Gasteiger partial charge is 0.352 e. The zero-order chi connectivity index (χ0) is 16.3. The first-order chi connectivity index (χ1) is 10.4. The van der Waals surface area contributed by atoms with Crippen molar-refractivity contribution in [3.8, 4) is 0 Å². The lowest BCUT2D eigenvalue weighted by atomic mass is 10.1. The second-order valence-electron chi connectivity index (χ2n) is 5.62. The van der Waals surface area contributed by atoms with Gasteiger partial charge in [0.15, 0.2) is 0 Å². The summed E-state index contributed by atoms with van der Waals surface area (Å²) in [4.78, 5) is 26.6. The van der Waals surface area contributed by atoms with E-state index in [0.717, 1.165) is 22.6 Å². The lowest BCUT2D eigenvalue weighted by molar-refractivity contribution is -0.121. The van der Waals surface area contributed by atoms with Crippen molar-refractivity contribution in [2.75, 3.05) is 0 Å². The van der Waals surface area contributed by atoms with Crippen LogP contribution in [0, 0.1) is 27.7 Å². The molecule has 118 valence electrons. The molecular formula is C16H22N4O2. The van der Waals surface area contributed by atoms with Crippen molar-refractivity contribution >= 4 is 5.91 Å². The Kier molecular flexibility index (Phi) is 4.80. The van der Waals surface area contributed by atoms with Gasteiger partial charge in [-0.05, 0) is 45.4 Å². The maximum Gasteiger partial charge on any atom is 0.253 e. The van der Waals surface area contributed by atoms with Crippen LogP contribution >= 0.6 is 0 Å². The van der Waals surface area contributed by atoms with Crippen LogP contribution in [-0.2, 0) is 17.9 Å². The van der Waals surface area contributed by atoms with Gasteiger partial charge in [0.25, 0.3) is 5.56 Å². The summed E-state index contributed by atoms with van der Waals surface area (Å²) in [6.45, 7) is 8.39. The summed E-state index contributed by atoms with van der Waals surface area (Å²) >= 11 is 0. The zero-order valence-corrected chi connectivity index (χ0v) is 13.5. The molecular weight excluding hydrogens is 280 g/mol. The number of nitrogens with zero attached hydrogens (tertiary/aromatic N) is 2. The quantitative estimate of drug-likeness (QED) is 0.878. The summed E-state index contributed by atoms with van der Waals surface area (Å²) in [5.41, 5.74) is 4.15. The second kappa shape index (κ2) is 6.60. The Balaban J connectivity index is 1.91. The highest BCUT2D eigenvalue weighted by molar-refractivity contribution is 5.75. The van der Waals surface area contributed by atoms with Crippen LogP contribution in [0.25, 0.3) is 0 Å². The number of hydrogen-bond donors (Lipinski definition) is 2. The molecule has 22 heavy (non-hydrogen) atoms. The second-order valence-corrected chi connectivity index (χ2v) is 5.62. The number of rotatable bonds is 5. The minimum Gasteiger partial charge on any atom is -0.352 e. The predicted molar refractivity (Wildman–Crippen MR) is 84.7 cm³/mol. The minimum absolute atomic E-state index is 0.0908. The molecule has 0 fully saturated rings. The molecule has 6 heteroatoms. The van der Waals surface area contributed by atoms with E-state index in [9.17, 15) is 9.59 Å². The van der Waals surface area contributed by atoms with Gasteiger partial charge in [-0.25, -0.2) is 0 Å². The highest BCUT2D eigenvalue weighted by Crippen LogP contribution is 2.04. The highest BCUT2D eigenvalue weighted by atomic mass is 16.1. The number of aromatic nitrogens is 3. The molecule has 0 aliphatic carbocycles. The van der Waals surface area contributed by atoms with Gasteiger partial charge >= 0.3 is 0 Å². The number of hydrogen-bond acceptors (Lipinski definition) is 3. The van der Waals surface area contributed by atoms with E-state index in [1.807, 2.05) is 44.5 Å². The third-order valence-corrected chi connectivity index (χ3v) is 3.61. The van der Waals surface area contributed by atoms with Crippen LogP contribution < -0.4 is 10.9 Å². The van der Waals surface area contributed by atoms with Gasteiger partial charge in [-0.15, -0.1) is 0 Å². The lowest BCUT2D eigenvalue weighted by Gasteiger charge is -2.09. The lowest BCUT2D eigenvalue weighted by Crippen LogP contribution is -2.28. The molecule has 1 amide bonds. The van der Waals surface area contributed by atoms with Crippen molar-refractivity contribution in [2.45, 2.75) is 47.2 Å². The number of carbonyl (C=O) groups is 1. The molecule has 2 aromatic rings. The average Bonchev–Trinajstić information content (AvgIpc) is 2.73. The molecule has 0 aliphatic heterocycles. The maximum atomic E-state index is 11.9. The van der Waals surface area contributed by atoms with Gasteiger partial charge in [-0.3, -0.25) is 14.3 Å². The van der Waals surface area contributed by atoms with Gasteiger partial charge in [0, 0.05) is 36.5 Å². The van der Waals surface area contributed by atoms with E-state index in [4.69, 9.17) is 0 Å². The molecule has 6 nitrogen and oxygen atoms in total. The van der Waals surface area contributed by atoms with Crippen molar-refractivity contribution in [1.82, 2.24) is 20.1 Å². The first-order valence-corrected chi connectivity index (χ1v) is 7.34. The van der Waals surface area contributed by atoms with Crippen molar-refractivity contribution in [1.29, 1.82) is 0 Å². The van der Waals surface area contributed by atoms with E-state index >= 15 is 0 Å². The van der Waals surface area contributed by atoms with Crippen molar-refractivity contribution in [2.24, 2.45) is 0 Å². The zero-order valence-electron chi connectivity index (χ0n) is 13.5. The summed E-state index contributed by atoms with van der Waals surface area (Å²) in [5.74, 6) is -0.0908. The fourth-order valence-electron chi connectivity index (χ4n) is 2.49. The van der Waals surface area contributed by atoms with Crippen molar-refractivity contribution in [3.63, 3.8) is 0 Å². The molecule has 2 rings (SSSR count). The number of nitrogens with one attached hydrogen (secondary N) is 2. The van der Waals surface area contributed by atoms with E-state index in [1.165, 1.54) is 0 Å². The highest BCUT2D eigenvalue weighted by Gasteiger charge is 2.09. The number of aryl methyl sites for hydroxylation is 5. The van der Waals surface area contributed by atoms with Gasteiger partial charge < -0.3 is 10.3 Å². The number of H-pyrrole nitrogens is 1. The monoisotopic (exact) mass is 302 g/mol. The average molecular weight is 302 g/mol. The summed E-state index contributed by atoms with van der Waals surface area (Å²) < 4.78 is 1.82. The molecule has 0 aliphatic rings. The number of aromatic amines is 1. The smallest absolute Gasteiger partial charge is 0.253 e. The maximum absolute atomic E-state index is 11.9. The third-order valence-electron chi connectivity index (χ3n) is 3.61. The molecule has 2 aromatic heterocycles. The van der Waals surface area contributed by atoms with Crippen LogP contribution in [0.5, 0.6) is 0 Å². The van der Waals surface area contributed by atoms with E-state index in [2.05, 4.69) is 15.4 Å². The normalized spacial score (nSPS) is 10.7. The molecule has 0 saturated carbocycles. The van der Waals surface area contributed by atoms with Crippen LogP contribution in [0.2, 0.25) is 0 Å². The SMILES string of the molecule is Cc1cc(C)n(CCC(=O)NCc2c(C)cc(C)[nH]c2=O)n1. The summed E-state index contributed by atoms with van der Waals surface area (Å²) in [6, 6.07) is 3.88. The first kappa shape index (κ1) is 16.0. The third kappa shape index (κ3) is 3.84. The van der Waals surface area contributed by atoms with E-state index in [1.54, 1.807) is 0 Å². The Morgan fingerprint density at radius 3 is 2.59 bits per heavy atom. The van der Waals surface area contributed by atoms with E-state index < -0.39 is 0 Å². The van der Waals surface area contributed by atoms with Gasteiger partial charge in [-0.1, -0.05) is 0 Å². The van der Waals surface area contributed by atoms with Crippen LogP contribution in [0.15, 0.2) is 16.9 Å². The Bertz CT molecular complexity index is 743. The molecule has 0 aromatic carbocycles. The van der Waals surface area contributed by atoms with Gasteiger partial charge in [0.05, 0.1) is 5.69 Å². The van der Waals surface area contributed by atoms with E-state index in [0.29, 0.717) is 18.5 Å². The molecule has 0 spiro atoms. The van der Waals surface area contributed by atoms with Crippen LogP contribution in [0.3, 0.4) is 0 Å². The number of pyridine rings is 1. The van der Waals surface area contributed by atoms with Crippen LogP contribution in [0.4, 0.5) is 0 Å². The molecule has 0 bridgehead atoms.